The van der Waals surface area contributed by atoms with Crippen LogP contribution in [-0.4, -0.2) is 38.0 Å². The molecule has 3 N–H and O–H groups in total. The second-order valence-electron chi connectivity index (χ2n) is 9.34. The Hall–Kier alpha value is -3.42. The van der Waals surface area contributed by atoms with Crippen LogP contribution in [0.4, 0.5) is 5.82 Å². The molecule has 0 spiro atoms. The van der Waals surface area contributed by atoms with Crippen LogP contribution in [0, 0.1) is 5.92 Å². The van der Waals surface area contributed by atoms with Gasteiger partial charge in [0.1, 0.15) is 0 Å². The molecular formula is C27H28ClN5O2. The summed E-state index contributed by atoms with van der Waals surface area (Å²) in [6, 6.07) is 13.4. The summed E-state index contributed by atoms with van der Waals surface area (Å²) in [6.07, 6.45) is 5.75. The van der Waals surface area contributed by atoms with E-state index in [1.807, 2.05) is 40.9 Å². The number of imidazole rings is 1. The lowest BCUT2D eigenvalue weighted by Gasteiger charge is -2.14. The van der Waals surface area contributed by atoms with Gasteiger partial charge in [0, 0.05) is 29.9 Å². The van der Waals surface area contributed by atoms with Crippen molar-refractivity contribution in [3.63, 3.8) is 0 Å². The molecule has 2 aromatic carbocycles. The molecule has 7 nitrogen and oxygen atoms in total. The molecule has 8 heteroatoms. The minimum absolute atomic E-state index is 0.0819. The summed E-state index contributed by atoms with van der Waals surface area (Å²) < 4.78 is 1.98. The molecule has 0 unspecified atom stereocenters. The topological polar surface area (TPSA) is 91.5 Å². The van der Waals surface area contributed by atoms with Crippen molar-refractivity contribution in [3.05, 3.63) is 71.0 Å². The Labute approximate surface area is 209 Å². The number of carbonyl (C=O) groups excluding carboxylic acids is 1. The smallest absolute Gasteiger partial charge is 0.253 e. The molecule has 0 radical (unpaired) electrons. The summed E-state index contributed by atoms with van der Waals surface area (Å²) in [6.45, 7) is 4.93. The number of hydrogen-bond acceptors (Lipinski definition) is 5. The third-order valence-electron chi connectivity index (χ3n) is 6.06. The summed E-state index contributed by atoms with van der Waals surface area (Å²) in [5, 5.41) is 16.7. The van der Waals surface area contributed by atoms with E-state index < -0.39 is 0 Å². The molecule has 4 aromatic rings. The number of amides is 1. The van der Waals surface area contributed by atoms with Gasteiger partial charge in [-0.05, 0) is 36.5 Å². The molecule has 0 atom stereocenters. The quantitative estimate of drug-likeness (QED) is 0.317. The molecule has 1 saturated carbocycles. The third kappa shape index (κ3) is 4.88. The number of carbonyl (C=O) groups is 1. The molecule has 1 aliphatic carbocycles. The minimum Gasteiger partial charge on any atom is -0.392 e. The van der Waals surface area contributed by atoms with Crippen LogP contribution in [-0.2, 0) is 6.61 Å². The van der Waals surface area contributed by atoms with Crippen LogP contribution < -0.4 is 10.6 Å². The second kappa shape index (κ2) is 9.68. The predicted molar refractivity (Wildman–Crippen MR) is 139 cm³/mol. The second-order valence-corrected chi connectivity index (χ2v) is 9.75. The van der Waals surface area contributed by atoms with Gasteiger partial charge in [0.25, 0.3) is 5.91 Å². The van der Waals surface area contributed by atoms with Gasteiger partial charge in [0.15, 0.2) is 11.5 Å². The highest BCUT2D eigenvalue weighted by Crippen LogP contribution is 2.31. The summed E-state index contributed by atoms with van der Waals surface area (Å²) in [4.78, 5) is 22.0. The van der Waals surface area contributed by atoms with Gasteiger partial charge in [-0.2, -0.15) is 0 Å². The van der Waals surface area contributed by atoms with Crippen LogP contribution in [0.2, 0.25) is 5.02 Å². The normalized spacial score (nSPS) is 13.4. The first-order chi connectivity index (χ1) is 16.9. The standard InChI is InChI=1S/C27H28ClN5O2/c1-16(2)12-29-25-26-30-13-24(17-7-10-21(22(28)11-17)27(35)31-19-8-9-19)33(26)14-23(32-25)20-6-4-3-5-18(20)15-34/h3-7,10-11,13-14,16,19,34H,8-9,12,15H2,1-2H3,(H,29,32)(H,31,35). The number of fused-ring (bicyclic) bond motifs is 1. The van der Waals surface area contributed by atoms with E-state index in [0.717, 1.165) is 47.5 Å². The van der Waals surface area contributed by atoms with Crippen molar-refractivity contribution < 1.29 is 9.90 Å². The lowest BCUT2D eigenvalue weighted by molar-refractivity contribution is 0.0951. The largest absolute Gasteiger partial charge is 0.392 e. The fourth-order valence-corrected chi connectivity index (χ4v) is 4.27. The van der Waals surface area contributed by atoms with Gasteiger partial charge < -0.3 is 15.7 Å². The summed E-state index contributed by atoms with van der Waals surface area (Å²) in [5.74, 6) is 0.948. The summed E-state index contributed by atoms with van der Waals surface area (Å²) in [5.41, 5.74) is 5.20. The van der Waals surface area contributed by atoms with Crippen LogP contribution in [0.5, 0.6) is 0 Å². The van der Waals surface area contributed by atoms with Crippen molar-refractivity contribution in [3.8, 4) is 22.5 Å². The average molecular weight is 490 g/mol. The highest BCUT2D eigenvalue weighted by atomic mass is 35.5. The van der Waals surface area contributed by atoms with Crippen molar-refractivity contribution in [2.45, 2.75) is 39.3 Å². The number of hydrogen-bond donors (Lipinski definition) is 3. The number of nitrogens with zero attached hydrogens (tertiary/aromatic N) is 3. The Morgan fingerprint density at radius 2 is 2.03 bits per heavy atom. The Balaban J connectivity index is 1.60. The number of anilines is 1. The van der Waals surface area contributed by atoms with E-state index in [4.69, 9.17) is 16.6 Å². The number of halogens is 1. The number of aromatic nitrogens is 3. The molecule has 5 rings (SSSR count). The zero-order valence-electron chi connectivity index (χ0n) is 19.8. The maximum atomic E-state index is 12.5. The number of nitrogens with one attached hydrogen (secondary N) is 2. The fraction of sp³-hybridized carbons (Fsp3) is 0.296. The monoisotopic (exact) mass is 489 g/mol. The first-order valence-corrected chi connectivity index (χ1v) is 12.2. The van der Waals surface area contributed by atoms with Crippen molar-refractivity contribution in [1.82, 2.24) is 19.7 Å². The highest BCUT2D eigenvalue weighted by Gasteiger charge is 2.25. The van der Waals surface area contributed by atoms with Crippen LogP contribution in [0.1, 0.15) is 42.6 Å². The molecule has 2 heterocycles. The SMILES string of the molecule is CC(C)CNc1nc(-c2ccccc2CO)cn2c(-c3ccc(C(=O)NC4CC4)c(Cl)c3)cnc12. The molecular weight excluding hydrogens is 462 g/mol. The van der Waals surface area contributed by atoms with Gasteiger partial charge in [0.2, 0.25) is 0 Å². The first-order valence-electron chi connectivity index (χ1n) is 11.9. The number of benzene rings is 2. The Kier molecular flexibility index (Phi) is 6.45. The highest BCUT2D eigenvalue weighted by molar-refractivity contribution is 6.34. The first kappa shape index (κ1) is 23.3. The van der Waals surface area contributed by atoms with Crippen LogP contribution in [0.3, 0.4) is 0 Å². The zero-order chi connectivity index (χ0) is 24.5. The van der Waals surface area contributed by atoms with E-state index in [1.54, 1.807) is 18.3 Å². The van der Waals surface area contributed by atoms with Crippen LogP contribution in [0.15, 0.2) is 54.9 Å². The number of rotatable bonds is 8. The Morgan fingerprint density at radius 3 is 2.74 bits per heavy atom. The molecule has 0 bridgehead atoms. The lowest BCUT2D eigenvalue weighted by atomic mass is 10.1. The molecule has 180 valence electrons. The van der Waals surface area contributed by atoms with E-state index in [0.29, 0.717) is 28.0 Å². The van der Waals surface area contributed by atoms with Gasteiger partial charge in [-0.1, -0.05) is 55.8 Å². The van der Waals surface area contributed by atoms with E-state index >= 15 is 0 Å². The molecule has 1 amide bonds. The van der Waals surface area contributed by atoms with Gasteiger partial charge in [-0.15, -0.1) is 0 Å². The van der Waals surface area contributed by atoms with E-state index in [9.17, 15) is 9.90 Å². The van der Waals surface area contributed by atoms with Crippen LogP contribution >= 0.6 is 11.6 Å². The van der Waals surface area contributed by atoms with Crippen molar-refractivity contribution in [2.24, 2.45) is 5.92 Å². The van der Waals surface area contributed by atoms with E-state index in [1.165, 1.54) is 0 Å². The van der Waals surface area contributed by atoms with Crippen molar-refractivity contribution >= 4 is 29.0 Å². The van der Waals surface area contributed by atoms with Crippen molar-refractivity contribution in [2.75, 3.05) is 11.9 Å². The van der Waals surface area contributed by atoms with E-state index in [-0.39, 0.29) is 18.6 Å². The molecule has 35 heavy (non-hydrogen) atoms. The molecule has 0 saturated heterocycles. The zero-order valence-corrected chi connectivity index (χ0v) is 20.5. The number of aliphatic hydroxyl groups is 1. The maximum absolute atomic E-state index is 12.5. The Bertz CT molecular complexity index is 1390. The lowest BCUT2D eigenvalue weighted by Crippen LogP contribution is -2.25. The molecule has 2 aromatic heterocycles. The minimum atomic E-state index is -0.144. The molecule has 1 fully saturated rings. The molecule has 0 aliphatic heterocycles. The predicted octanol–water partition coefficient (Wildman–Crippen LogP) is 5.17. The summed E-state index contributed by atoms with van der Waals surface area (Å²) in [7, 11) is 0. The maximum Gasteiger partial charge on any atom is 0.253 e. The van der Waals surface area contributed by atoms with Gasteiger partial charge in [-0.3, -0.25) is 9.20 Å². The van der Waals surface area contributed by atoms with Gasteiger partial charge in [-0.25, -0.2) is 9.97 Å². The van der Waals surface area contributed by atoms with E-state index in [2.05, 4.69) is 29.5 Å². The van der Waals surface area contributed by atoms with Crippen LogP contribution in [0.25, 0.3) is 28.2 Å². The molecule has 1 aliphatic rings. The summed E-state index contributed by atoms with van der Waals surface area (Å²) >= 11 is 6.54. The van der Waals surface area contributed by atoms with Gasteiger partial charge >= 0.3 is 0 Å². The fourth-order valence-electron chi connectivity index (χ4n) is 4.01. The van der Waals surface area contributed by atoms with Gasteiger partial charge in [0.05, 0.1) is 34.8 Å². The Morgan fingerprint density at radius 1 is 1.23 bits per heavy atom. The number of aliphatic hydroxyl groups excluding tert-OH is 1. The van der Waals surface area contributed by atoms with Crippen molar-refractivity contribution in [1.29, 1.82) is 0 Å². The average Bonchev–Trinajstić information content (AvgIpc) is 3.56. The third-order valence-corrected chi connectivity index (χ3v) is 6.37.